The molecule has 2 heterocycles. The molecule has 0 aliphatic carbocycles. The first-order valence-electron chi connectivity index (χ1n) is 7.26. The van der Waals surface area contributed by atoms with Gasteiger partial charge in [-0.1, -0.05) is 15.9 Å². The molecule has 2 aromatic rings. The van der Waals surface area contributed by atoms with Crippen LogP contribution in [0.25, 0.3) is 0 Å². The van der Waals surface area contributed by atoms with Crippen LogP contribution in [0.2, 0.25) is 0 Å². The van der Waals surface area contributed by atoms with Gasteiger partial charge in [-0.25, -0.2) is 14.8 Å². The fourth-order valence-electron chi connectivity index (χ4n) is 2.20. The SMILES string of the molecule is Oc1ccc(Br)cc1C=NNc1ncc(F)c(N2CCOCC2)n1. The monoisotopic (exact) mass is 395 g/mol. The maximum atomic E-state index is 13.9. The van der Waals surface area contributed by atoms with E-state index in [1.54, 1.807) is 23.1 Å². The van der Waals surface area contributed by atoms with Crippen molar-refractivity contribution in [1.29, 1.82) is 0 Å². The van der Waals surface area contributed by atoms with Gasteiger partial charge < -0.3 is 14.7 Å². The molecule has 2 N–H and O–H groups in total. The van der Waals surface area contributed by atoms with Crippen LogP contribution in [-0.2, 0) is 4.74 Å². The predicted molar refractivity (Wildman–Crippen MR) is 92.0 cm³/mol. The molecule has 1 aliphatic rings. The summed E-state index contributed by atoms with van der Waals surface area (Å²) in [6.07, 6.45) is 2.54. The molecule has 126 valence electrons. The number of rotatable bonds is 4. The third kappa shape index (κ3) is 3.98. The van der Waals surface area contributed by atoms with E-state index in [2.05, 4.69) is 36.4 Å². The Morgan fingerprint density at radius 2 is 2.17 bits per heavy atom. The summed E-state index contributed by atoms with van der Waals surface area (Å²) in [6.45, 7) is 2.21. The number of anilines is 2. The predicted octanol–water partition coefficient (Wildman–Crippen LogP) is 2.37. The minimum absolute atomic E-state index is 0.0952. The number of hydrogen-bond donors (Lipinski definition) is 2. The van der Waals surface area contributed by atoms with E-state index in [0.717, 1.165) is 10.7 Å². The van der Waals surface area contributed by atoms with Gasteiger partial charge in [0.25, 0.3) is 0 Å². The summed E-state index contributed by atoms with van der Waals surface area (Å²) in [4.78, 5) is 9.82. The standard InChI is InChI=1S/C15H15BrFN5O2/c16-11-1-2-13(23)10(7-11)8-19-21-15-18-9-12(17)14(20-15)22-3-5-24-6-4-22/h1-2,7-9,23H,3-6H2,(H,18,20,21). The minimum Gasteiger partial charge on any atom is -0.507 e. The number of phenolic OH excluding ortho intramolecular Hbond substituents is 1. The normalized spacial score (nSPS) is 15.0. The van der Waals surface area contributed by atoms with E-state index in [-0.39, 0.29) is 17.5 Å². The summed E-state index contributed by atoms with van der Waals surface area (Å²) in [5.41, 5.74) is 3.16. The van der Waals surface area contributed by atoms with Crippen LogP contribution in [0.3, 0.4) is 0 Å². The van der Waals surface area contributed by atoms with Gasteiger partial charge in [-0.3, -0.25) is 0 Å². The molecule has 0 unspecified atom stereocenters. The van der Waals surface area contributed by atoms with Gasteiger partial charge in [0, 0.05) is 23.1 Å². The van der Waals surface area contributed by atoms with E-state index in [0.29, 0.717) is 31.9 Å². The van der Waals surface area contributed by atoms with E-state index in [9.17, 15) is 9.50 Å². The highest BCUT2D eigenvalue weighted by atomic mass is 79.9. The number of hydrazone groups is 1. The fraction of sp³-hybridized carbons (Fsp3) is 0.267. The summed E-state index contributed by atoms with van der Waals surface area (Å²) < 4.78 is 20.0. The molecule has 0 saturated carbocycles. The van der Waals surface area contributed by atoms with E-state index < -0.39 is 5.82 Å². The quantitative estimate of drug-likeness (QED) is 0.610. The van der Waals surface area contributed by atoms with Crippen molar-refractivity contribution in [2.24, 2.45) is 5.10 Å². The van der Waals surface area contributed by atoms with Gasteiger partial charge in [-0.2, -0.15) is 10.1 Å². The number of ether oxygens (including phenoxy) is 1. The van der Waals surface area contributed by atoms with E-state index in [1.165, 1.54) is 6.21 Å². The van der Waals surface area contributed by atoms with Crippen LogP contribution in [0.1, 0.15) is 5.56 Å². The second kappa shape index (κ2) is 7.54. The lowest BCUT2D eigenvalue weighted by Gasteiger charge is -2.27. The number of nitrogens with one attached hydrogen (secondary N) is 1. The van der Waals surface area contributed by atoms with Gasteiger partial charge in [-0.05, 0) is 18.2 Å². The molecule has 1 saturated heterocycles. The summed E-state index contributed by atoms with van der Waals surface area (Å²) in [5.74, 6) is -0.00576. The zero-order chi connectivity index (χ0) is 16.9. The molecular formula is C15H15BrFN5O2. The second-order valence-corrected chi connectivity index (χ2v) is 5.95. The molecular weight excluding hydrogens is 381 g/mol. The van der Waals surface area contributed by atoms with Gasteiger partial charge in [-0.15, -0.1) is 0 Å². The van der Waals surface area contributed by atoms with Crippen LogP contribution in [0, 0.1) is 5.82 Å². The first kappa shape index (κ1) is 16.6. The van der Waals surface area contributed by atoms with Gasteiger partial charge in [0.15, 0.2) is 11.6 Å². The van der Waals surface area contributed by atoms with Crippen molar-refractivity contribution in [3.05, 3.63) is 40.2 Å². The summed E-state index contributed by atoms with van der Waals surface area (Å²) in [5, 5.41) is 13.7. The average Bonchev–Trinajstić information content (AvgIpc) is 2.60. The molecule has 1 fully saturated rings. The van der Waals surface area contributed by atoms with Gasteiger partial charge in [0.1, 0.15) is 5.75 Å². The number of nitrogens with zero attached hydrogens (tertiary/aromatic N) is 4. The van der Waals surface area contributed by atoms with Crippen molar-refractivity contribution in [3.63, 3.8) is 0 Å². The Morgan fingerprint density at radius 1 is 1.38 bits per heavy atom. The van der Waals surface area contributed by atoms with Crippen molar-refractivity contribution in [2.45, 2.75) is 0 Å². The number of morpholine rings is 1. The zero-order valence-electron chi connectivity index (χ0n) is 12.6. The lowest BCUT2D eigenvalue weighted by Crippen LogP contribution is -2.37. The van der Waals surface area contributed by atoms with E-state index in [1.807, 2.05) is 0 Å². The van der Waals surface area contributed by atoms with Crippen LogP contribution in [-0.4, -0.2) is 47.6 Å². The molecule has 0 spiro atoms. The molecule has 24 heavy (non-hydrogen) atoms. The number of halogens is 2. The van der Waals surface area contributed by atoms with Crippen molar-refractivity contribution >= 4 is 33.9 Å². The molecule has 1 aromatic carbocycles. The van der Waals surface area contributed by atoms with Crippen molar-refractivity contribution in [1.82, 2.24) is 9.97 Å². The van der Waals surface area contributed by atoms with Gasteiger partial charge in [0.2, 0.25) is 5.95 Å². The molecule has 0 bridgehead atoms. The Hall–Kier alpha value is -2.26. The summed E-state index contributed by atoms with van der Waals surface area (Å²) >= 11 is 3.32. The molecule has 3 rings (SSSR count). The van der Waals surface area contributed by atoms with Crippen LogP contribution in [0.4, 0.5) is 16.2 Å². The van der Waals surface area contributed by atoms with Gasteiger partial charge >= 0.3 is 0 Å². The Balaban J connectivity index is 1.73. The lowest BCUT2D eigenvalue weighted by atomic mass is 10.2. The Morgan fingerprint density at radius 3 is 2.96 bits per heavy atom. The second-order valence-electron chi connectivity index (χ2n) is 5.04. The number of phenols is 1. The van der Waals surface area contributed by atoms with Crippen LogP contribution in [0.15, 0.2) is 34.0 Å². The fourth-order valence-corrected chi connectivity index (χ4v) is 2.58. The van der Waals surface area contributed by atoms with Crippen LogP contribution < -0.4 is 10.3 Å². The lowest BCUT2D eigenvalue weighted by molar-refractivity contribution is 0.122. The minimum atomic E-state index is -0.490. The third-order valence-electron chi connectivity index (χ3n) is 3.39. The maximum absolute atomic E-state index is 13.9. The van der Waals surface area contributed by atoms with E-state index in [4.69, 9.17) is 4.74 Å². The molecule has 0 radical (unpaired) electrons. The number of aromatic nitrogens is 2. The summed E-state index contributed by atoms with van der Waals surface area (Å²) in [7, 11) is 0. The Labute approximate surface area is 146 Å². The van der Waals surface area contributed by atoms with Crippen molar-refractivity contribution in [2.75, 3.05) is 36.6 Å². The Bertz CT molecular complexity index is 753. The smallest absolute Gasteiger partial charge is 0.245 e. The average molecular weight is 396 g/mol. The number of hydrogen-bond acceptors (Lipinski definition) is 7. The largest absolute Gasteiger partial charge is 0.507 e. The molecule has 0 atom stereocenters. The molecule has 9 heteroatoms. The van der Waals surface area contributed by atoms with E-state index >= 15 is 0 Å². The first-order valence-corrected chi connectivity index (χ1v) is 8.05. The highest BCUT2D eigenvalue weighted by Gasteiger charge is 2.17. The Kier molecular flexibility index (Phi) is 5.21. The number of aromatic hydroxyl groups is 1. The van der Waals surface area contributed by atoms with Crippen molar-refractivity contribution in [3.8, 4) is 5.75 Å². The van der Waals surface area contributed by atoms with Crippen LogP contribution in [0.5, 0.6) is 5.75 Å². The zero-order valence-corrected chi connectivity index (χ0v) is 14.2. The highest BCUT2D eigenvalue weighted by molar-refractivity contribution is 9.10. The first-order chi connectivity index (χ1) is 11.6. The molecule has 7 nitrogen and oxygen atoms in total. The summed E-state index contributed by atoms with van der Waals surface area (Å²) in [6, 6.07) is 4.99. The number of benzene rings is 1. The van der Waals surface area contributed by atoms with Crippen molar-refractivity contribution < 1.29 is 14.2 Å². The molecule has 1 aromatic heterocycles. The molecule has 1 aliphatic heterocycles. The van der Waals surface area contributed by atoms with Gasteiger partial charge in [0.05, 0.1) is 25.6 Å². The highest BCUT2D eigenvalue weighted by Crippen LogP contribution is 2.21. The molecule has 0 amide bonds. The third-order valence-corrected chi connectivity index (χ3v) is 3.89. The topological polar surface area (TPSA) is 82.9 Å². The van der Waals surface area contributed by atoms with Crippen LogP contribution >= 0.6 is 15.9 Å². The maximum Gasteiger partial charge on any atom is 0.245 e.